The lowest BCUT2D eigenvalue weighted by atomic mass is 10.1. The maximum absolute atomic E-state index is 4.37. The van der Waals surface area contributed by atoms with Gasteiger partial charge in [-0.2, -0.15) is 5.10 Å². The van der Waals surface area contributed by atoms with E-state index in [1.54, 1.807) is 10.9 Å². The number of benzene rings is 1. The summed E-state index contributed by atoms with van der Waals surface area (Å²) in [6.07, 6.45) is 5.64. The van der Waals surface area contributed by atoms with Gasteiger partial charge in [0.2, 0.25) is 0 Å². The van der Waals surface area contributed by atoms with Gasteiger partial charge in [-0.25, -0.2) is 9.67 Å². The van der Waals surface area contributed by atoms with Gasteiger partial charge in [0.15, 0.2) is 5.82 Å². The van der Waals surface area contributed by atoms with Gasteiger partial charge in [0.05, 0.1) is 6.20 Å². The van der Waals surface area contributed by atoms with Gasteiger partial charge in [-0.3, -0.25) is 0 Å². The average molecular weight is 314 g/mol. The average Bonchev–Trinajstić information content (AvgIpc) is 2.88. The zero-order valence-electron chi connectivity index (χ0n) is 10.4. The summed E-state index contributed by atoms with van der Waals surface area (Å²) in [5, 5.41) is 4.37. The number of hydrogen-bond donors (Lipinski definition) is 0. The van der Waals surface area contributed by atoms with Gasteiger partial charge in [-0.15, -0.1) is 0 Å². The van der Waals surface area contributed by atoms with Crippen molar-refractivity contribution in [2.24, 2.45) is 0 Å². The molecule has 0 aliphatic heterocycles. The second-order valence-electron chi connectivity index (χ2n) is 4.38. The van der Waals surface area contributed by atoms with E-state index in [-0.39, 0.29) is 0 Å². The second-order valence-corrected chi connectivity index (χ2v) is 5.29. The molecule has 0 radical (unpaired) electrons. The topological polar surface area (TPSA) is 30.7 Å². The first-order valence-corrected chi connectivity index (χ1v) is 6.75. The highest BCUT2D eigenvalue weighted by atomic mass is 79.9. The van der Waals surface area contributed by atoms with Crippen molar-refractivity contribution in [3.8, 4) is 16.9 Å². The summed E-state index contributed by atoms with van der Waals surface area (Å²) >= 11 is 3.48. The van der Waals surface area contributed by atoms with Crippen LogP contribution >= 0.6 is 15.9 Å². The molecular formula is C15H12BrN3. The molecule has 0 bridgehead atoms. The molecule has 0 N–H and O–H groups in total. The van der Waals surface area contributed by atoms with Gasteiger partial charge in [0.25, 0.3) is 0 Å². The highest BCUT2D eigenvalue weighted by Crippen LogP contribution is 2.23. The fourth-order valence-corrected chi connectivity index (χ4v) is 2.31. The Kier molecular flexibility index (Phi) is 3.17. The molecule has 3 rings (SSSR count). The molecule has 1 aromatic carbocycles. The van der Waals surface area contributed by atoms with Gasteiger partial charge >= 0.3 is 0 Å². The Balaban J connectivity index is 2.00. The maximum atomic E-state index is 4.37. The zero-order chi connectivity index (χ0) is 13.2. The van der Waals surface area contributed by atoms with E-state index in [1.807, 2.05) is 43.6 Å². The molecule has 94 valence electrons. The van der Waals surface area contributed by atoms with E-state index in [4.69, 9.17) is 0 Å². The van der Waals surface area contributed by atoms with Crippen molar-refractivity contribution < 1.29 is 0 Å². The van der Waals surface area contributed by atoms with Crippen molar-refractivity contribution in [1.29, 1.82) is 0 Å². The summed E-state index contributed by atoms with van der Waals surface area (Å²) in [7, 11) is 0. The van der Waals surface area contributed by atoms with Gasteiger partial charge in [0, 0.05) is 22.4 Å². The SMILES string of the molecule is Cc1ccnc(-n2cc(-c3cccc(Br)c3)cn2)c1. The zero-order valence-corrected chi connectivity index (χ0v) is 12.0. The number of hydrogen-bond acceptors (Lipinski definition) is 2. The first-order chi connectivity index (χ1) is 9.22. The van der Waals surface area contributed by atoms with Gasteiger partial charge in [0.1, 0.15) is 0 Å². The molecule has 19 heavy (non-hydrogen) atoms. The fourth-order valence-electron chi connectivity index (χ4n) is 1.91. The molecule has 3 nitrogen and oxygen atoms in total. The van der Waals surface area contributed by atoms with Crippen LogP contribution in [0.1, 0.15) is 5.56 Å². The van der Waals surface area contributed by atoms with Crippen LogP contribution in [0.4, 0.5) is 0 Å². The van der Waals surface area contributed by atoms with Crippen LogP contribution in [0.15, 0.2) is 59.5 Å². The van der Waals surface area contributed by atoms with E-state index in [2.05, 4.69) is 38.1 Å². The minimum Gasteiger partial charge on any atom is -0.237 e. The highest BCUT2D eigenvalue weighted by molar-refractivity contribution is 9.10. The predicted octanol–water partition coefficient (Wildman–Crippen LogP) is 4.01. The third-order valence-corrected chi connectivity index (χ3v) is 3.37. The van der Waals surface area contributed by atoms with Crippen LogP contribution in [0.3, 0.4) is 0 Å². The van der Waals surface area contributed by atoms with Crippen LogP contribution in [0.5, 0.6) is 0 Å². The molecule has 2 aromatic heterocycles. The standard InChI is InChI=1S/C15H12BrN3/c1-11-5-6-17-15(7-11)19-10-13(9-18-19)12-3-2-4-14(16)8-12/h2-10H,1H3. The lowest BCUT2D eigenvalue weighted by Crippen LogP contribution is -1.97. The monoisotopic (exact) mass is 313 g/mol. The Morgan fingerprint density at radius 2 is 2.00 bits per heavy atom. The number of aryl methyl sites for hydroxylation is 1. The van der Waals surface area contributed by atoms with Crippen LogP contribution in [-0.4, -0.2) is 14.8 Å². The van der Waals surface area contributed by atoms with Gasteiger partial charge < -0.3 is 0 Å². The van der Waals surface area contributed by atoms with E-state index in [9.17, 15) is 0 Å². The Morgan fingerprint density at radius 3 is 2.79 bits per heavy atom. The minimum atomic E-state index is 0.834. The van der Waals surface area contributed by atoms with Crippen molar-refractivity contribution in [2.45, 2.75) is 6.92 Å². The first-order valence-electron chi connectivity index (χ1n) is 5.96. The molecule has 0 fully saturated rings. The number of pyridine rings is 1. The van der Waals surface area contributed by atoms with E-state index in [0.717, 1.165) is 21.4 Å². The van der Waals surface area contributed by atoms with E-state index < -0.39 is 0 Å². The predicted molar refractivity (Wildman–Crippen MR) is 79.2 cm³/mol. The second kappa shape index (κ2) is 4.97. The van der Waals surface area contributed by atoms with Crippen LogP contribution in [0.2, 0.25) is 0 Å². The minimum absolute atomic E-state index is 0.834. The Hall–Kier alpha value is -1.94. The lowest BCUT2D eigenvalue weighted by molar-refractivity contribution is 0.845. The summed E-state index contributed by atoms with van der Waals surface area (Å²) in [5.74, 6) is 0.834. The Bertz CT molecular complexity index is 659. The van der Waals surface area contributed by atoms with Gasteiger partial charge in [-0.05, 0) is 42.3 Å². The molecule has 0 spiro atoms. The Labute approximate surface area is 120 Å². The quantitative estimate of drug-likeness (QED) is 0.715. The van der Waals surface area contributed by atoms with E-state index in [1.165, 1.54) is 5.56 Å². The number of aromatic nitrogens is 3. The maximum Gasteiger partial charge on any atom is 0.153 e. The van der Waals surface area contributed by atoms with Crippen molar-refractivity contribution >= 4 is 15.9 Å². The molecule has 3 aromatic rings. The summed E-state index contributed by atoms with van der Waals surface area (Å²) in [4.78, 5) is 4.33. The largest absolute Gasteiger partial charge is 0.237 e. The lowest BCUT2D eigenvalue weighted by Gasteiger charge is -2.00. The molecule has 0 saturated heterocycles. The van der Waals surface area contributed by atoms with E-state index >= 15 is 0 Å². The van der Waals surface area contributed by atoms with Crippen molar-refractivity contribution in [3.63, 3.8) is 0 Å². The van der Waals surface area contributed by atoms with Crippen LogP contribution in [0, 0.1) is 6.92 Å². The molecule has 0 saturated carbocycles. The molecule has 0 unspecified atom stereocenters. The smallest absolute Gasteiger partial charge is 0.153 e. The number of rotatable bonds is 2. The molecule has 0 aliphatic rings. The van der Waals surface area contributed by atoms with Crippen molar-refractivity contribution in [1.82, 2.24) is 14.8 Å². The van der Waals surface area contributed by atoms with Crippen LogP contribution in [-0.2, 0) is 0 Å². The summed E-state index contributed by atoms with van der Waals surface area (Å²) in [5.41, 5.74) is 3.38. The van der Waals surface area contributed by atoms with Gasteiger partial charge in [-0.1, -0.05) is 28.1 Å². The molecule has 0 aliphatic carbocycles. The first kappa shape index (κ1) is 12.1. The summed E-state index contributed by atoms with van der Waals surface area (Å²) in [6.45, 7) is 2.05. The Morgan fingerprint density at radius 1 is 1.11 bits per heavy atom. The van der Waals surface area contributed by atoms with E-state index in [0.29, 0.717) is 0 Å². The van der Waals surface area contributed by atoms with Crippen LogP contribution < -0.4 is 0 Å². The molecule has 2 heterocycles. The highest BCUT2D eigenvalue weighted by Gasteiger charge is 2.04. The van der Waals surface area contributed by atoms with Crippen LogP contribution in [0.25, 0.3) is 16.9 Å². The van der Waals surface area contributed by atoms with Crippen molar-refractivity contribution in [3.05, 3.63) is 65.0 Å². The molecule has 0 atom stereocenters. The summed E-state index contributed by atoms with van der Waals surface area (Å²) in [6, 6.07) is 12.2. The third-order valence-electron chi connectivity index (χ3n) is 2.88. The van der Waals surface area contributed by atoms with Crippen molar-refractivity contribution in [2.75, 3.05) is 0 Å². The third kappa shape index (κ3) is 2.58. The fraction of sp³-hybridized carbons (Fsp3) is 0.0667. The molecule has 0 amide bonds. The molecule has 4 heteroatoms. The number of nitrogens with zero attached hydrogens (tertiary/aromatic N) is 3. The normalized spacial score (nSPS) is 10.6. The summed E-state index contributed by atoms with van der Waals surface area (Å²) < 4.78 is 2.86. The number of halogens is 1. The molecular weight excluding hydrogens is 302 g/mol.